The number of benzene rings is 1. The maximum Gasteiger partial charge on any atom is 0.265 e. The molecule has 0 radical (unpaired) electrons. The zero-order valence-electron chi connectivity index (χ0n) is 7.20. The van der Waals surface area contributed by atoms with Crippen LogP contribution in [0.3, 0.4) is 0 Å². The van der Waals surface area contributed by atoms with Gasteiger partial charge in [0.1, 0.15) is 11.4 Å². The average Bonchev–Trinajstić information content (AvgIpc) is 2.09. The third-order valence-corrected chi connectivity index (χ3v) is 1.98. The topological polar surface area (TPSA) is 64.3 Å². The van der Waals surface area contributed by atoms with Crippen LogP contribution in [0.15, 0.2) is 18.2 Å². The van der Waals surface area contributed by atoms with Crippen LogP contribution in [0.25, 0.3) is 0 Å². The van der Waals surface area contributed by atoms with Gasteiger partial charge in [0.15, 0.2) is 6.10 Å². The van der Waals surface area contributed by atoms with E-state index < -0.39 is 6.10 Å². The molecular weight excluding hydrogens is 168 g/mol. The lowest BCUT2D eigenvalue weighted by Crippen LogP contribution is -2.34. The van der Waals surface area contributed by atoms with E-state index in [1.54, 1.807) is 25.1 Å². The molecular formula is C9H10N2O2. The Morgan fingerprint density at radius 2 is 2.31 bits per heavy atom. The van der Waals surface area contributed by atoms with Crippen LogP contribution in [0.2, 0.25) is 0 Å². The van der Waals surface area contributed by atoms with Gasteiger partial charge in [-0.25, -0.2) is 0 Å². The highest BCUT2D eigenvalue weighted by atomic mass is 16.5. The highest BCUT2D eigenvalue weighted by Crippen LogP contribution is 2.34. The molecule has 4 nitrogen and oxygen atoms in total. The van der Waals surface area contributed by atoms with Crippen molar-refractivity contribution in [2.45, 2.75) is 13.0 Å². The Morgan fingerprint density at radius 1 is 1.54 bits per heavy atom. The van der Waals surface area contributed by atoms with Crippen LogP contribution in [0, 0.1) is 0 Å². The van der Waals surface area contributed by atoms with Crippen LogP contribution in [0.1, 0.15) is 6.92 Å². The Kier molecular flexibility index (Phi) is 1.62. The minimum atomic E-state index is -0.450. The summed E-state index contributed by atoms with van der Waals surface area (Å²) in [5, 5.41) is 2.69. The summed E-state index contributed by atoms with van der Waals surface area (Å²) >= 11 is 0. The summed E-state index contributed by atoms with van der Waals surface area (Å²) in [5.41, 5.74) is 6.75. The predicted octanol–water partition coefficient (Wildman–Crippen LogP) is 0.988. The molecule has 2 rings (SSSR count). The number of rotatable bonds is 0. The first kappa shape index (κ1) is 7.91. The van der Waals surface area contributed by atoms with Gasteiger partial charge in [0.25, 0.3) is 5.91 Å². The molecule has 0 aliphatic carbocycles. The summed E-state index contributed by atoms with van der Waals surface area (Å²) in [6.07, 6.45) is -0.450. The number of anilines is 2. The van der Waals surface area contributed by atoms with Crippen LogP contribution in [-0.4, -0.2) is 12.0 Å². The van der Waals surface area contributed by atoms with Gasteiger partial charge in [-0.1, -0.05) is 6.07 Å². The summed E-state index contributed by atoms with van der Waals surface area (Å²) in [7, 11) is 0. The van der Waals surface area contributed by atoms with Crippen molar-refractivity contribution in [3.63, 3.8) is 0 Å². The number of ether oxygens (including phenoxy) is 1. The van der Waals surface area contributed by atoms with Crippen LogP contribution in [0.4, 0.5) is 11.4 Å². The zero-order valence-corrected chi connectivity index (χ0v) is 7.20. The monoisotopic (exact) mass is 178 g/mol. The molecule has 0 fully saturated rings. The molecule has 0 unspecified atom stereocenters. The number of nitrogens with one attached hydrogen (secondary N) is 1. The number of hydrogen-bond acceptors (Lipinski definition) is 3. The largest absolute Gasteiger partial charge is 0.479 e. The van der Waals surface area contributed by atoms with Crippen molar-refractivity contribution >= 4 is 17.3 Å². The summed E-state index contributed by atoms with van der Waals surface area (Å²) in [4.78, 5) is 11.2. The minimum absolute atomic E-state index is 0.162. The van der Waals surface area contributed by atoms with Gasteiger partial charge in [-0.15, -0.1) is 0 Å². The molecule has 13 heavy (non-hydrogen) atoms. The normalized spacial score (nSPS) is 20.1. The number of nitrogens with two attached hydrogens (primary N) is 1. The van der Waals surface area contributed by atoms with E-state index in [-0.39, 0.29) is 5.91 Å². The van der Waals surface area contributed by atoms with Crippen molar-refractivity contribution in [3.05, 3.63) is 18.2 Å². The number of hydrogen-bond donors (Lipinski definition) is 2. The molecule has 1 heterocycles. The lowest BCUT2D eigenvalue weighted by atomic mass is 10.2. The van der Waals surface area contributed by atoms with Crippen molar-refractivity contribution in [2.75, 3.05) is 11.1 Å². The van der Waals surface area contributed by atoms with Crippen molar-refractivity contribution in [3.8, 4) is 5.75 Å². The van der Waals surface area contributed by atoms with Crippen LogP contribution < -0.4 is 15.8 Å². The first-order valence-corrected chi connectivity index (χ1v) is 4.04. The second kappa shape index (κ2) is 2.65. The number of amides is 1. The van der Waals surface area contributed by atoms with E-state index in [4.69, 9.17) is 10.5 Å². The highest BCUT2D eigenvalue weighted by molar-refractivity contribution is 6.00. The van der Waals surface area contributed by atoms with E-state index in [1.807, 2.05) is 0 Å². The second-order valence-electron chi connectivity index (χ2n) is 2.97. The van der Waals surface area contributed by atoms with E-state index in [2.05, 4.69) is 5.32 Å². The first-order valence-electron chi connectivity index (χ1n) is 4.04. The quantitative estimate of drug-likeness (QED) is 0.582. The highest BCUT2D eigenvalue weighted by Gasteiger charge is 2.24. The third kappa shape index (κ3) is 1.20. The van der Waals surface area contributed by atoms with Crippen LogP contribution in [-0.2, 0) is 4.79 Å². The summed E-state index contributed by atoms with van der Waals surface area (Å²) in [6, 6.07) is 5.29. The molecule has 3 N–H and O–H groups in total. The number of carbonyl (C=O) groups excluding carboxylic acids is 1. The summed E-state index contributed by atoms with van der Waals surface area (Å²) in [5.74, 6) is 0.470. The molecule has 1 amide bonds. The Morgan fingerprint density at radius 3 is 3.08 bits per heavy atom. The summed E-state index contributed by atoms with van der Waals surface area (Å²) < 4.78 is 5.33. The molecule has 0 saturated heterocycles. The van der Waals surface area contributed by atoms with Crippen molar-refractivity contribution < 1.29 is 9.53 Å². The molecule has 0 saturated carbocycles. The van der Waals surface area contributed by atoms with Crippen molar-refractivity contribution in [1.82, 2.24) is 0 Å². The number of carbonyl (C=O) groups is 1. The fourth-order valence-electron chi connectivity index (χ4n) is 1.25. The first-order chi connectivity index (χ1) is 6.18. The number of fused-ring (bicyclic) bond motifs is 1. The van der Waals surface area contributed by atoms with E-state index >= 15 is 0 Å². The predicted molar refractivity (Wildman–Crippen MR) is 49.6 cm³/mol. The lowest BCUT2D eigenvalue weighted by Gasteiger charge is -2.23. The molecule has 1 atom stereocenters. The zero-order chi connectivity index (χ0) is 9.42. The van der Waals surface area contributed by atoms with Gasteiger partial charge in [0, 0.05) is 0 Å². The van der Waals surface area contributed by atoms with E-state index in [1.165, 1.54) is 0 Å². The van der Waals surface area contributed by atoms with E-state index in [9.17, 15) is 4.79 Å². The standard InChI is InChI=1S/C9H10N2O2/c1-5-9(12)11-8-6(10)3-2-4-7(8)13-5/h2-5H,10H2,1H3,(H,11,12)/t5-/m1/s1. The lowest BCUT2D eigenvalue weighted by molar-refractivity contribution is -0.122. The average molecular weight is 178 g/mol. The SMILES string of the molecule is C[C@H]1Oc2cccc(N)c2NC1=O. The molecule has 0 aromatic heterocycles. The van der Waals surface area contributed by atoms with Crippen molar-refractivity contribution in [1.29, 1.82) is 0 Å². The van der Waals surface area contributed by atoms with E-state index in [0.29, 0.717) is 17.1 Å². The van der Waals surface area contributed by atoms with Gasteiger partial charge >= 0.3 is 0 Å². The number of para-hydroxylation sites is 1. The molecule has 1 aromatic carbocycles. The third-order valence-electron chi connectivity index (χ3n) is 1.98. The molecule has 4 heteroatoms. The molecule has 68 valence electrons. The van der Waals surface area contributed by atoms with Gasteiger partial charge in [0.2, 0.25) is 0 Å². The fourth-order valence-corrected chi connectivity index (χ4v) is 1.25. The van der Waals surface area contributed by atoms with Gasteiger partial charge in [-0.3, -0.25) is 4.79 Å². The molecule has 0 bridgehead atoms. The number of nitrogen functional groups attached to an aromatic ring is 1. The fraction of sp³-hybridized carbons (Fsp3) is 0.222. The molecule has 1 aromatic rings. The van der Waals surface area contributed by atoms with E-state index in [0.717, 1.165) is 0 Å². The van der Waals surface area contributed by atoms with Crippen LogP contribution in [0.5, 0.6) is 5.75 Å². The summed E-state index contributed by atoms with van der Waals surface area (Å²) in [6.45, 7) is 1.70. The maximum atomic E-state index is 11.2. The van der Waals surface area contributed by atoms with Crippen molar-refractivity contribution in [2.24, 2.45) is 0 Å². The molecule has 0 spiro atoms. The smallest absolute Gasteiger partial charge is 0.265 e. The Labute approximate surface area is 75.7 Å². The second-order valence-corrected chi connectivity index (χ2v) is 2.97. The maximum absolute atomic E-state index is 11.2. The molecule has 1 aliphatic rings. The van der Waals surface area contributed by atoms with Gasteiger partial charge in [-0.05, 0) is 19.1 Å². The minimum Gasteiger partial charge on any atom is -0.479 e. The Hall–Kier alpha value is -1.71. The van der Waals surface area contributed by atoms with Gasteiger partial charge in [-0.2, -0.15) is 0 Å². The molecule has 1 aliphatic heterocycles. The Balaban J connectivity index is 2.48. The van der Waals surface area contributed by atoms with Gasteiger partial charge in [0.05, 0.1) is 5.69 Å². The van der Waals surface area contributed by atoms with Gasteiger partial charge < -0.3 is 15.8 Å². The van der Waals surface area contributed by atoms with Crippen LogP contribution >= 0.6 is 0 Å². The Bertz CT molecular complexity index is 363.